The molecule has 0 amide bonds. The zero-order valence-electron chi connectivity index (χ0n) is 11.5. The Kier molecular flexibility index (Phi) is 6.80. The van der Waals surface area contributed by atoms with E-state index >= 15 is 0 Å². The first-order valence-corrected chi connectivity index (χ1v) is 6.89. The molecule has 0 aliphatic heterocycles. The van der Waals surface area contributed by atoms with Crippen molar-refractivity contribution in [1.29, 1.82) is 0 Å². The molecule has 1 atom stereocenters. The van der Waals surface area contributed by atoms with Crippen LogP contribution in [-0.2, 0) is 4.74 Å². The molecule has 1 aromatic rings. The predicted molar refractivity (Wildman–Crippen MR) is 79.4 cm³/mol. The molecule has 106 valence electrons. The summed E-state index contributed by atoms with van der Waals surface area (Å²) in [5.74, 6) is 0.00367. The van der Waals surface area contributed by atoms with Crippen LogP contribution in [0.1, 0.15) is 23.7 Å². The molecule has 0 heterocycles. The molecule has 3 nitrogen and oxygen atoms in total. The number of hydrogen-bond donors (Lipinski definition) is 0. The van der Waals surface area contributed by atoms with E-state index in [0.29, 0.717) is 35.2 Å². The molecular formula is C14H19Cl2NO2. The van der Waals surface area contributed by atoms with E-state index in [0.717, 1.165) is 0 Å². The van der Waals surface area contributed by atoms with Crippen molar-refractivity contribution in [2.45, 2.75) is 19.4 Å². The third kappa shape index (κ3) is 4.77. The number of carbonyl (C=O) groups excluding carboxylic acids is 1. The lowest BCUT2D eigenvalue weighted by Gasteiger charge is -2.23. The number of nitrogens with zero attached hydrogens (tertiary/aromatic N) is 1. The zero-order chi connectivity index (χ0) is 14.4. The highest BCUT2D eigenvalue weighted by atomic mass is 35.5. The Balaban J connectivity index is 2.58. The Labute approximate surface area is 124 Å². The molecule has 1 rings (SSSR count). The van der Waals surface area contributed by atoms with Crippen LogP contribution in [0.15, 0.2) is 18.2 Å². The van der Waals surface area contributed by atoms with Gasteiger partial charge in [-0.2, -0.15) is 0 Å². The van der Waals surface area contributed by atoms with Gasteiger partial charge in [0, 0.05) is 31.7 Å². The number of ether oxygens (including phenoxy) is 1. The van der Waals surface area contributed by atoms with Gasteiger partial charge in [-0.1, -0.05) is 29.3 Å². The standard InChI is InChI=1S/C14H19Cl2NO2/c1-10(9-19-3)17(2)8-7-13(18)11-5-4-6-12(15)14(11)16/h4-6,10H,7-9H2,1-3H3. The maximum Gasteiger partial charge on any atom is 0.165 e. The number of hydrogen-bond acceptors (Lipinski definition) is 3. The summed E-state index contributed by atoms with van der Waals surface area (Å²) in [5.41, 5.74) is 0.488. The summed E-state index contributed by atoms with van der Waals surface area (Å²) in [5, 5.41) is 0.746. The smallest absolute Gasteiger partial charge is 0.165 e. The molecule has 0 aliphatic rings. The van der Waals surface area contributed by atoms with Gasteiger partial charge in [-0.3, -0.25) is 4.79 Å². The fourth-order valence-corrected chi connectivity index (χ4v) is 2.13. The minimum Gasteiger partial charge on any atom is -0.383 e. The molecule has 19 heavy (non-hydrogen) atoms. The quantitative estimate of drug-likeness (QED) is 0.722. The van der Waals surface area contributed by atoms with Crippen molar-refractivity contribution in [1.82, 2.24) is 4.90 Å². The third-order valence-electron chi connectivity index (χ3n) is 3.10. The fourth-order valence-electron chi connectivity index (χ4n) is 1.72. The molecule has 0 saturated carbocycles. The van der Waals surface area contributed by atoms with E-state index in [1.165, 1.54) is 0 Å². The van der Waals surface area contributed by atoms with Crippen LogP contribution < -0.4 is 0 Å². The third-order valence-corrected chi connectivity index (χ3v) is 3.92. The Morgan fingerprint density at radius 3 is 2.74 bits per heavy atom. The van der Waals surface area contributed by atoms with E-state index in [4.69, 9.17) is 27.9 Å². The number of benzene rings is 1. The average molecular weight is 304 g/mol. The van der Waals surface area contributed by atoms with E-state index in [1.807, 2.05) is 7.05 Å². The van der Waals surface area contributed by atoms with Gasteiger partial charge in [0.15, 0.2) is 5.78 Å². The van der Waals surface area contributed by atoms with E-state index in [1.54, 1.807) is 25.3 Å². The fraction of sp³-hybridized carbons (Fsp3) is 0.500. The van der Waals surface area contributed by atoms with Crippen LogP contribution in [0.25, 0.3) is 0 Å². The topological polar surface area (TPSA) is 29.5 Å². The van der Waals surface area contributed by atoms with Crippen LogP contribution in [0.2, 0.25) is 10.0 Å². The van der Waals surface area contributed by atoms with Crippen molar-refractivity contribution in [3.05, 3.63) is 33.8 Å². The van der Waals surface area contributed by atoms with Gasteiger partial charge in [0.25, 0.3) is 0 Å². The number of Topliss-reactive ketones (excluding diaryl/α,β-unsaturated/α-hetero) is 1. The Morgan fingerprint density at radius 1 is 1.42 bits per heavy atom. The second-order valence-electron chi connectivity index (χ2n) is 4.56. The Bertz CT molecular complexity index is 437. The van der Waals surface area contributed by atoms with E-state index < -0.39 is 0 Å². The van der Waals surface area contributed by atoms with E-state index in [9.17, 15) is 4.79 Å². The Morgan fingerprint density at radius 2 is 2.11 bits per heavy atom. The van der Waals surface area contributed by atoms with Gasteiger partial charge in [-0.15, -0.1) is 0 Å². The highest BCUT2D eigenvalue weighted by molar-refractivity contribution is 6.43. The molecule has 1 unspecified atom stereocenters. The molecule has 5 heteroatoms. The predicted octanol–water partition coefficient (Wildman–Crippen LogP) is 3.53. The molecular weight excluding hydrogens is 285 g/mol. The lowest BCUT2D eigenvalue weighted by molar-refractivity contribution is 0.0917. The minimum atomic E-state index is 0.00367. The van der Waals surface area contributed by atoms with Crippen LogP contribution in [-0.4, -0.2) is 44.0 Å². The summed E-state index contributed by atoms with van der Waals surface area (Å²) in [4.78, 5) is 14.2. The minimum absolute atomic E-state index is 0.00367. The molecule has 1 aromatic carbocycles. The monoisotopic (exact) mass is 303 g/mol. The molecule has 0 fully saturated rings. The highest BCUT2D eigenvalue weighted by Gasteiger charge is 2.15. The Hall–Kier alpha value is -0.610. The lowest BCUT2D eigenvalue weighted by atomic mass is 10.1. The highest BCUT2D eigenvalue weighted by Crippen LogP contribution is 2.26. The van der Waals surface area contributed by atoms with Gasteiger partial charge in [-0.05, 0) is 26.1 Å². The second-order valence-corrected chi connectivity index (χ2v) is 5.34. The van der Waals surface area contributed by atoms with Crippen LogP contribution >= 0.6 is 23.2 Å². The van der Waals surface area contributed by atoms with E-state index in [-0.39, 0.29) is 11.8 Å². The SMILES string of the molecule is COCC(C)N(C)CCC(=O)c1cccc(Cl)c1Cl. The van der Waals surface area contributed by atoms with Crippen molar-refractivity contribution in [2.24, 2.45) is 0 Å². The number of rotatable bonds is 7. The second kappa shape index (κ2) is 7.85. The first-order chi connectivity index (χ1) is 8.97. The maximum absolute atomic E-state index is 12.1. The van der Waals surface area contributed by atoms with Crippen molar-refractivity contribution in [2.75, 3.05) is 27.3 Å². The average Bonchev–Trinajstić information content (AvgIpc) is 2.39. The van der Waals surface area contributed by atoms with Crippen LogP contribution in [0, 0.1) is 0 Å². The summed E-state index contributed by atoms with van der Waals surface area (Å²) in [6.07, 6.45) is 0.407. The summed E-state index contributed by atoms with van der Waals surface area (Å²) in [6, 6.07) is 5.38. The maximum atomic E-state index is 12.1. The molecule has 0 N–H and O–H groups in total. The summed E-state index contributed by atoms with van der Waals surface area (Å²) >= 11 is 11.9. The normalized spacial score (nSPS) is 12.7. The molecule has 0 aliphatic carbocycles. The van der Waals surface area contributed by atoms with Crippen molar-refractivity contribution >= 4 is 29.0 Å². The van der Waals surface area contributed by atoms with Crippen molar-refractivity contribution < 1.29 is 9.53 Å². The van der Waals surface area contributed by atoms with Gasteiger partial charge in [0.2, 0.25) is 0 Å². The summed E-state index contributed by atoms with van der Waals surface area (Å²) in [6.45, 7) is 3.36. The van der Waals surface area contributed by atoms with Gasteiger partial charge < -0.3 is 9.64 Å². The van der Waals surface area contributed by atoms with Crippen LogP contribution in [0.5, 0.6) is 0 Å². The first kappa shape index (κ1) is 16.4. The van der Waals surface area contributed by atoms with Gasteiger partial charge in [0.1, 0.15) is 0 Å². The van der Waals surface area contributed by atoms with Crippen LogP contribution in [0.4, 0.5) is 0 Å². The van der Waals surface area contributed by atoms with Crippen molar-refractivity contribution in [3.63, 3.8) is 0 Å². The largest absolute Gasteiger partial charge is 0.383 e. The number of likely N-dealkylation sites (N-methyl/N-ethyl adjacent to an activating group) is 1. The molecule has 0 spiro atoms. The summed E-state index contributed by atoms with van der Waals surface area (Å²) < 4.78 is 5.09. The molecule has 0 radical (unpaired) electrons. The molecule has 0 saturated heterocycles. The first-order valence-electron chi connectivity index (χ1n) is 6.13. The van der Waals surface area contributed by atoms with Crippen LogP contribution in [0.3, 0.4) is 0 Å². The van der Waals surface area contributed by atoms with Crippen molar-refractivity contribution in [3.8, 4) is 0 Å². The number of carbonyl (C=O) groups is 1. The molecule has 0 aromatic heterocycles. The zero-order valence-corrected chi connectivity index (χ0v) is 13.0. The number of ketones is 1. The van der Waals surface area contributed by atoms with Gasteiger partial charge in [0.05, 0.1) is 16.7 Å². The van der Waals surface area contributed by atoms with E-state index in [2.05, 4.69) is 11.8 Å². The van der Waals surface area contributed by atoms with Gasteiger partial charge >= 0.3 is 0 Å². The lowest BCUT2D eigenvalue weighted by Crippen LogP contribution is -2.34. The summed E-state index contributed by atoms with van der Waals surface area (Å²) in [7, 11) is 3.64. The molecule has 0 bridgehead atoms. The van der Waals surface area contributed by atoms with Gasteiger partial charge in [-0.25, -0.2) is 0 Å². The number of halogens is 2. The number of methoxy groups -OCH3 is 1.